The molecule has 0 aromatic heterocycles. The van der Waals surface area contributed by atoms with Crippen molar-refractivity contribution in [3.05, 3.63) is 29.3 Å². The molecule has 0 atom stereocenters. The van der Waals surface area contributed by atoms with E-state index in [0.29, 0.717) is 0 Å². The van der Waals surface area contributed by atoms with Gasteiger partial charge in [0.25, 0.3) is 0 Å². The Balaban J connectivity index is 3.02. The highest BCUT2D eigenvalue weighted by molar-refractivity contribution is 5.95. The molecule has 0 aliphatic rings. The zero-order valence-electron chi connectivity index (χ0n) is 10.1. The number of benzene rings is 1. The first-order chi connectivity index (χ1) is 9.44. The van der Waals surface area contributed by atoms with Crippen LogP contribution in [-0.2, 0) is 11.3 Å². The topological polar surface area (TPSA) is 72.5 Å². The van der Waals surface area contributed by atoms with Crippen LogP contribution < -0.4 is 5.73 Å². The molecule has 118 valence electrons. The number of carboxylic acids is 1. The molecular weight excluding hydrogens is 308 g/mol. The van der Waals surface area contributed by atoms with Gasteiger partial charge >= 0.3 is 18.3 Å². The van der Waals surface area contributed by atoms with E-state index < -0.39 is 36.6 Å². The Kier molecular flexibility index (Phi) is 4.72. The molecule has 0 aliphatic heterocycles. The van der Waals surface area contributed by atoms with Crippen LogP contribution in [0.4, 0.5) is 32.0 Å². The van der Waals surface area contributed by atoms with Gasteiger partial charge in [-0.1, -0.05) is 12.1 Å². The van der Waals surface area contributed by atoms with Gasteiger partial charge in [0.1, 0.15) is 0 Å². The number of alkyl halides is 6. The van der Waals surface area contributed by atoms with Gasteiger partial charge in [0, 0.05) is 5.69 Å². The van der Waals surface area contributed by atoms with Crippen molar-refractivity contribution >= 4 is 11.7 Å². The van der Waals surface area contributed by atoms with Crippen LogP contribution in [0.1, 0.15) is 15.9 Å². The second kappa shape index (κ2) is 5.80. The Labute approximate surface area is 114 Å². The quantitative estimate of drug-likeness (QED) is 0.661. The van der Waals surface area contributed by atoms with E-state index in [9.17, 15) is 31.1 Å². The van der Waals surface area contributed by atoms with E-state index in [-0.39, 0.29) is 11.3 Å². The third kappa shape index (κ3) is 4.25. The van der Waals surface area contributed by atoms with Crippen molar-refractivity contribution in [3.63, 3.8) is 0 Å². The molecule has 10 heteroatoms. The van der Waals surface area contributed by atoms with E-state index in [4.69, 9.17) is 10.8 Å². The molecule has 0 unspecified atom stereocenters. The third-order valence-corrected chi connectivity index (χ3v) is 2.40. The predicted molar refractivity (Wildman–Crippen MR) is 58.5 cm³/mol. The van der Waals surface area contributed by atoms with Crippen LogP contribution in [0.3, 0.4) is 0 Å². The minimum atomic E-state index is -5.66. The van der Waals surface area contributed by atoms with Gasteiger partial charge in [-0.25, -0.2) is 4.79 Å². The fourth-order valence-corrected chi connectivity index (χ4v) is 1.55. The number of carboxylic acid groups (broad SMARTS) is 1. The van der Waals surface area contributed by atoms with E-state index in [1.54, 1.807) is 0 Å². The van der Waals surface area contributed by atoms with Crippen LogP contribution in [0.2, 0.25) is 0 Å². The standard InChI is InChI=1S/C11H9F6NO3/c12-10(13,14)9(11(15,16)17)21-4-5-2-1-3-6(18)7(5)8(19)20/h1-3,9H,4,18H2,(H,19,20). The predicted octanol–water partition coefficient (Wildman–Crippen LogP) is 2.98. The van der Waals surface area contributed by atoms with Crippen molar-refractivity contribution in [3.8, 4) is 0 Å². The number of nitrogens with two attached hydrogens (primary N) is 1. The Morgan fingerprint density at radius 1 is 1.19 bits per heavy atom. The van der Waals surface area contributed by atoms with Crippen LogP contribution >= 0.6 is 0 Å². The molecule has 4 nitrogen and oxygen atoms in total. The fourth-order valence-electron chi connectivity index (χ4n) is 1.55. The zero-order chi connectivity index (χ0) is 16.4. The van der Waals surface area contributed by atoms with Crippen LogP contribution in [-0.4, -0.2) is 29.5 Å². The van der Waals surface area contributed by atoms with Crippen LogP contribution in [0.25, 0.3) is 0 Å². The molecular formula is C11H9F6NO3. The molecule has 21 heavy (non-hydrogen) atoms. The fraction of sp³-hybridized carbons (Fsp3) is 0.364. The molecule has 0 aliphatic carbocycles. The van der Waals surface area contributed by atoms with Crippen molar-refractivity contribution < 1.29 is 41.0 Å². The Morgan fingerprint density at radius 3 is 2.14 bits per heavy atom. The summed E-state index contributed by atoms with van der Waals surface area (Å²) in [7, 11) is 0. The first kappa shape index (κ1) is 17.1. The third-order valence-electron chi connectivity index (χ3n) is 2.40. The number of halogens is 6. The van der Waals surface area contributed by atoms with Gasteiger partial charge in [-0.05, 0) is 11.6 Å². The summed E-state index contributed by atoms with van der Waals surface area (Å²) < 4.78 is 77.5. The lowest BCUT2D eigenvalue weighted by atomic mass is 10.1. The van der Waals surface area contributed by atoms with Crippen LogP contribution in [0.15, 0.2) is 18.2 Å². The Morgan fingerprint density at radius 2 is 1.71 bits per heavy atom. The van der Waals surface area contributed by atoms with E-state index in [1.807, 2.05) is 0 Å². The van der Waals surface area contributed by atoms with Gasteiger partial charge in [-0.15, -0.1) is 0 Å². The monoisotopic (exact) mass is 317 g/mol. The summed E-state index contributed by atoms with van der Waals surface area (Å²) in [4.78, 5) is 10.9. The summed E-state index contributed by atoms with van der Waals surface area (Å²) in [6.07, 6.45) is -15.3. The number of rotatable bonds is 4. The van der Waals surface area contributed by atoms with Gasteiger partial charge in [0.2, 0.25) is 6.10 Å². The zero-order valence-corrected chi connectivity index (χ0v) is 10.1. The molecule has 1 aromatic rings. The number of hydrogen-bond donors (Lipinski definition) is 2. The molecule has 1 rings (SSSR count). The lowest BCUT2D eigenvalue weighted by Gasteiger charge is -2.23. The molecule has 3 N–H and O–H groups in total. The number of anilines is 1. The molecule has 0 amide bonds. The first-order valence-corrected chi connectivity index (χ1v) is 5.30. The highest BCUT2D eigenvalue weighted by Gasteiger charge is 2.58. The molecule has 0 bridgehead atoms. The lowest BCUT2D eigenvalue weighted by Crippen LogP contribution is -2.44. The van der Waals surface area contributed by atoms with Crippen molar-refractivity contribution in [2.45, 2.75) is 25.1 Å². The second-order valence-electron chi connectivity index (χ2n) is 3.96. The van der Waals surface area contributed by atoms with Gasteiger partial charge in [0.15, 0.2) is 0 Å². The minimum absolute atomic E-state index is 0.292. The smallest absolute Gasteiger partial charge is 0.423 e. The molecule has 1 aromatic carbocycles. The van der Waals surface area contributed by atoms with Crippen LogP contribution in [0.5, 0.6) is 0 Å². The summed E-state index contributed by atoms with van der Waals surface area (Å²) in [5, 5.41) is 8.85. The van der Waals surface area contributed by atoms with E-state index in [0.717, 1.165) is 12.1 Å². The summed E-state index contributed by atoms with van der Waals surface area (Å²) in [6.45, 7) is -1.20. The lowest BCUT2D eigenvalue weighted by molar-refractivity contribution is -0.324. The number of ether oxygens (including phenoxy) is 1. The van der Waals surface area contributed by atoms with Crippen LogP contribution in [0, 0.1) is 0 Å². The molecule has 0 heterocycles. The summed E-state index contributed by atoms with van der Waals surface area (Å²) in [5.41, 5.74) is 4.04. The average molecular weight is 317 g/mol. The van der Waals surface area contributed by atoms with E-state index >= 15 is 0 Å². The first-order valence-electron chi connectivity index (χ1n) is 5.30. The molecule has 0 spiro atoms. The normalized spacial score (nSPS) is 12.7. The Hall–Kier alpha value is -1.97. The minimum Gasteiger partial charge on any atom is -0.478 e. The second-order valence-corrected chi connectivity index (χ2v) is 3.96. The van der Waals surface area contributed by atoms with Gasteiger partial charge in [-0.2, -0.15) is 26.3 Å². The maximum atomic E-state index is 12.3. The van der Waals surface area contributed by atoms with Crippen molar-refractivity contribution in [2.24, 2.45) is 0 Å². The van der Waals surface area contributed by atoms with Gasteiger partial charge in [0.05, 0.1) is 12.2 Å². The Bertz CT molecular complexity index is 512. The molecule has 0 saturated carbocycles. The summed E-state index contributed by atoms with van der Waals surface area (Å²) in [5.74, 6) is -1.58. The van der Waals surface area contributed by atoms with Crippen molar-refractivity contribution in [1.29, 1.82) is 0 Å². The highest BCUT2D eigenvalue weighted by atomic mass is 19.4. The van der Waals surface area contributed by atoms with E-state index in [2.05, 4.69) is 4.74 Å². The number of carbonyl (C=O) groups is 1. The maximum Gasteiger partial charge on any atom is 0.423 e. The maximum absolute atomic E-state index is 12.3. The molecule has 0 radical (unpaired) electrons. The summed E-state index contributed by atoms with van der Waals surface area (Å²) in [6, 6.07) is 3.36. The number of aromatic carboxylic acids is 1. The number of nitrogen functional groups attached to an aromatic ring is 1. The summed E-state index contributed by atoms with van der Waals surface area (Å²) >= 11 is 0. The highest BCUT2D eigenvalue weighted by Crippen LogP contribution is 2.36. The van der Waals surface area contributed by atoms with E-state index in [1.165, 1.54) is 6.07 Å². The van der Waals surface area contributed by atoms with Crippen molar-refractivity contribution in [1.82, 2.24) is 0 Å². The molecule has 0 saturated heterocycles. The molecule has 0 fully saturated rings. The SMILES string of the molecule is Nc1cccc(COC(C(F)(F)F)C(F)(F)F)c1C(=O)O. The average Bonchev–Trinajstić information content (AvgIpc) is 2.24. The largest absolute Gasteiger partial charge is 0.478 e. The number of hydrogen-bond acceptors (Lipinski definition) is 3. The van der Waals surface area contributed by atoms with Gasteiger partial charge in [-0.3, -0.25) is 0 Å². The van der Waals surface area contributed by atoms with Gasteiger partial charge < -0.3 is 15.6 Å². The van der Waals surface area contributed by atoms with Crippen molar-refractivity contribution in [2.75, 3.05) is 5.73 Å².